The van der Waals surface area contributed by atoms with Crippen molar-refractivity contribution in [3.63, 3.8) is 0 Å². The molecule has 1 unspecified atom stereocenters. The lowest BCUT2D eigenvalue weighted by molar-refractivity contribution is 0.370. The number of halogens is 1. The summed E-state index contributed by atoms with van der Waals surface area (Å²) >= 11 is 0. The van der Waals surface area contributed by atoms with Crippen LogP contribution >= 0.6 is 12.4 Å². The first-order chi connectivity index (χ1) is 23.8. The number of hydrogen-bond donors (Lipinski definition) is 1. The summed E-state index contributed by atoms with van der Waals surface area (Å²) < 4.78 is 0. The highest BCUT2D eigenvalue weighted by atomic mass is 35.5. The highest BCUT2D eigenvalue weighted by Gasteiger charge is 2.08. The molecule has 1 nitrogen and oxygen atoms in total. The summed E-state index contributed by atoms with van der Waals surface area (Å²) in [6, 6.07) is 0. The van der Waals surface area contributed by atoms with Crippen LogP contribution in [0, 0.1) is 5.92 Å². The highest BCUT2D eigenvalue weighted by Crippen LogP contribution is 2.24. The Balaban J connectivity index is -0.000000920. The Morgan fingerprint density at radius 3 is 0.857 bits per heavy atom. The maximum Gasteiger partial charge on any atom is -0.00773 e. The van der Waals surface area contributed by atoms with E-state index in [-0.39, 0.29) is 12.4 Å². The Hall–Kier alpha value is -0.0100. The standard InChI is InChI=1S/C29H60.C18H37N.ClH/c1-4-7-10-12-14-16-17-19-21-23-25-28-29(26-9-6-3)27-24-22-20-18-15-13-11-8-5-2;1-2-3-4-5-6-7-8-9-10-11-12-13-14-15-16-17-18-19;/h29H,4-28H2,1-3H3;9-10H,2-8,11-19H2,1H3;1H/b;10-9-;. The van der Waals surface area contributed by atoms with Crippen molar-refractivity contribution < 1.29 is 0 Å². The topological polar surface area (TPSA) is 26.0 Å². The third-order valence-electron chi connectivity index (χ3n) is 10.6. The fraction of sp³-hybridized carbons (Fsp3) is 0.957. The van der Waals surface area contributed by atoms with Crippen molar-refractivity contribution in [1.29, 1.82) is 0 Å². The predicted molar refractivity (Wildman–Crippen MR) is 232 cm³/mol. The molecule has 1 atom stereocenters. The van der Waals surface area contributed by atoms with E-state index in [4.69, 9.17) is 5.73 Å². The fourth-order valence-corrected chi connectivity index (χ4v) is 7.16. The minimum absolute atomic E-state index is 0. The van der Waals surface area contributed by atoms with Crippen LogP contribution in [0.3, 0.4) is 0 Å². The molecule has 0 aromatic carbocycles. The van der Waals surface area contributed by atoms with Gasteiger partial charge >= 0.3 is 0 Å². The van der Waals surface area contributed by atoms with Gasteiger partial charge in [-0.3, -0.25) is 0 Å². The van der Waals surface area contributed by atoms with Crippen LogP contribution in [0.2, 0.25) is 0 Å². The normalized spacial score (nSPS) is 11.9. The van der Waals surface area contributed by atoms with Gasteiger partial charge in [0.15, 0.2) is 0 Å². The van der Waals surface area contributed by atoms with Crippen LogP contribution in [0.5, 0.6) is 0 Å². The van der Waals surface area contributed by atoms with E-state index in [9.17, 15) is 0 Å². The van der Waals surface area contributed by atoms with Crippen molar-refractivity contribution >= 4 is 12.4 Å². The molecule has 0 aromatic heterocycles. The van der Waals surface area contributed by atoms with Gasteiger partial charge in [-0.1, -0.05) is 258 Å². The lowest BCUT2D eigenvalue weighted by Gasteiger charge is -2.16. The molecule has 0 saturated heterocycles. The predicted octanol–water partition coefficient (Wildman–Crippen LogP) is 17.8. The third kappa shape index (κ3) is 52.5. The van der Waals surface area contributed by atoms with Gasteiger partial charge in [0, 0.05) is 0 Å². The molecule has 2 N–H and O–H groups in total. The SMILES string of the molecule is CCCCCCCC/C=C\CCCCCCCCN.CCCCCCCCCCCCCC(CCCC)CCCCCCCCCCC.Cl. The second kappa shape index (κ2) is 52.4. The summed E-state index contributed by atoms with van der Waals surface area (Å²) in [5, 5.41) is 0. The zero-order valence-electron chi connectivity index (χ0n) is 35.0. The number of allylic oxidation sites excluding steroid dienone is 2. The second-order valence-corrected chi connectivity index (χ2v) is 15.7. The monoisotopic (exact) mass is 712 g/mol. The van der Waals surface area contributed by atoms with Crippen molar-refractivity contribution in [1.82, 2.24) is 0 Å². The molecule has 0 rings (SSSR count). The lowest BCUT2D eigenvalue weighted by atomic mass is 9.90. The first-order valence-electron chi connectivity index (χ1n) is 23.1. The van der Waals surface area contributed by atoms with E-state index in [1.54, 1.807) is 0 Å². The summed E-state index contributed by atoms with van der Waals surface area (Å²) in [7, 11) is 0. The van der Waals surface area contributed by atoms with E-state index in [1.807, 2.05) is 0 Å². The third-order valence-corrected chi connectivity index (χ3v) is 10.6. The minimum Gasteiger partial charge on any atom is -0.330 e. The molecule has 49 heavy (non-hydrogen) atoms. The molecule has 0 aliphatic heterocycles. The van der Waals surface area contributed by atoms with Crippen molar-refractivity contribution in [3.05, 3.63) is 12.2 Å². The van der Waals surface area contributed by atoms with E-state index in [0.29, 0.717) is 0 Å². The smallest absolute Gasteiger partial charge is 0.00773 e. The molecule has 298 valence electrons. The van der Waals surface area contributed by atoms with Crippen LogP contribution in [0.25, 0.3) is 0 Å². The Morgan fingerprint density at radius 1 is 0.306 bits per heavy atom. The van der Waals surface area contributed by atoms with Crippen LogP contribution < -0.4 is 5.73 Å². The number of nitrogens with two attached hydrogens (primary N) is 1. The molecular formula is C47H98ClN. The van der Waals surface area contributed by atoms with Crippen molar-refractivity contribution in [2.45, 2.75) is 278 Å². The van der Waals surface area contributed by atoms with Crippen molar-refractivity contribution in [2.24, 2.45) is 11.7 Å². The van der Waals surface area contributed by atoms with Gasteiger partial charge in [0.1, 0.15) is 0 Å². The van der Waals surface area contributed by atoms with E-state index < -0.39 is 0 Å². The van der Waals surface area contributed by atoms with Gasteiger partial charge in [0.25, 0.3) is 0 Å². The molecule has 0 aliphatic carbocycles. The number of rotatable bonds is 40. The van der Waals surface area contributed by atoms with Crippen LogP contribution in [-0.2, 0) is 0 Å². The van der Waals surface area contributed by atoms with Crippen molar-refractivity contribution in [3.8, 4) is 0 Å². The van der Waals surface area contributed by atoms with Gasteiger partial charge in [-0.15, -0.1) is 12.4 Å². The Kier molecular flexibility index (Phi) is 57.0. The van der Waals surface area contributed by atoms with Gasteiger partial charge in [-0.05, 0) is 44.6 Å². The highest BCUT2D eigenvalue weighted by molar-refractivity contribution is 5.85. The molecule has 0 heterocycles. The largest absolute Gasteiger partial charge is 0.330 e. The number of unbranched alkanes of at least 4 members (excludes halogenated alkanes) is 31. The quantitative estimate of drug-likeness (QED) is 0.0497. The lowest BCUT2D eigenvalue weighted by Crippen LogP contribution is -2.01. The first-order valence-corrected chi connectivity index (χ1v) is 23.1. The first kappa shape index (κ1) is 53.3. The molecule has 0 bridgehead atoms. The average Bonchev–Trinajstić information content (AvgIpc) is 3.10. The molecule has 0 aromatic rings. The molecule has 0 saturated carbocycles. The molecular weight excluding hydrogens is 614 g/mol. The van der Waals surface area contributed by atoms with Gasteiger partial charge in [0.05, 0.1) is 0 Å². The summed E-state index contributed by atoms with van der Waals surface area (Å²) in [6.45, 7) is 10.1. The van der Waals surface area contributed by atoms with Gasteiger partial charge in [0.2, 0.25) is 0 Å². The van der Waals surface area contributed by atoms with Crippen LogP contribution in [0.15, 0.2) is 12.2 Å². The summed E-state index contributed by atoms with van der Waals surface area (Å²) in [6.07, 6.45) is 60.7. The van der Waals surface area contributed by atoms with E-state index >= 15 is 0 Å². The minimum atomic E-state index is 0. The zero-order chi connectivity index (χ0) is 35.3. The molecule has 0 aliphatic rings. The maximum absolute atomic E-state index is 5.47. The van der Waals surface area contributed by atoms with Crippen LogP contribution in [0.4, 0.5) is 0 Å². The molecule has 0 fully saturated rings. The molecule has 0 amide bonds. The van der Waals surface area contributed by atoms with Crippen LogP contribution in [0.1, 0.15) is 278 Å². The summed E-state index contributed by atoms with van der Waals surface area (Å²) in [5.74, 6) is 1.04. The second-order valence-electron chi connectivity index (χ2n) is 15.7. The van der Waals surface area contributed by atoms with Gasteiger partial charge in [-0.2, -0.15) is 0 Å². The molecule has 0 radical (unpaired) electrons. The van der Waals surface area contributed by atoms with E-state index in [0.717, 1.165) is 12.5 Å². The molecule has 0 spiro atoms. The Labute approximate surface area is 319 Å². The zero-order valence-corrected chi connectivity index (χ0v) is 35.8. The van der Waals surface area contributed by atoms with Crippen LogP contribution in [-0.4, -0.2) is 6.54 Å². The Morgan fingerprint density at radius 2 is 0.551 bits per heavy atom. The van der Waals surface area contributed by atoms with E-state index in [1.165, 1.54) is 250 Å². The fourth-order valence-electron chi connectivity index (χ4n) is 7.16. The summed E-state index contributed by atoms with van der Waals surface area (Å²) in [5.41, 5.74) is 5.47. The van der Waals surface area contributed by atoms with Gasteiger partial charge in [-0.25, -0.2) is 0 Å². The molecule has 2 heteroatoms. The summed E-state index contributed by atoms with van der Waals surface area (Å²) in [4.78, 5) is 0. The number of hydrogen-bond acceptors (Lipinski definition) is 1. The van der Waals surface area contributed by atoms with Gasteiger partial charge < -0.3 is 5.73 Å². The maximum atomic E-state index is 5.47. The van der Waals surface area contributed by atoms with E-state index in [2.05, 4.69) is 39.8 Å². The Bertz CT molecular complexity index is 546. The average molecular weight is 713 g/mol. The van der Waals surface area contributed by atoms with Crippen molar-refractivity contribution in [2.75, 3.05) is 6.54 Å².